The smallest absolute Gasteiger partial charge is 0.0894 e. The van der Waals surface area contributed by atoms with E-state index in [1.54, 1.807) is 0 Å². The summed E-state index contributed by atoms with van der Waals surface area (Å²) in [5.74, 6) is 0. The Bertz CT molecular complexity index is 90.4. The summed E-state index contributed by atoms with van der Waals surface area (Å²) in [4.78, 5) is 0. The molecular formula is C8H19NO3. The highest BCUT2D eigenvalue weighted by Crippen LogP contribution is 1.91. The van der Waals surface area contributed by atoms with Crippen molar-refractivity contribution in [3.8, 4) is 0 Å². The summed E-state index contributed by atoms with van der Waals surface area (Å²) >= 11 is 0. The fraction of sp³-hybridized carbons (Fsp3) is 1.00. The molecule has 0 aliphatic rings. The summed E-state index contributed by atoms with van der Waals surface area (Å²) in [5.41, 5.74) is 0. The molecule has 0 heterocycles. The van der Waals surface area contributed by atoms with Crippen LogP contribution in [0.4, 0.5) is 0 Å². The van der Waals surface area contributed by atoms with Crippen LogP contribution >= 0.6 is 0 Å². The van der Waals surface area contributed by atoms with Crippen LogP contribution < -0.4 is 5.32 Å². The van der Waals surface area contributed by atoms with E-state index in [1.807, 2.05) is 0 Å². The van der Waals surface area contributed by atoms with Gasteiger partial charge in [-0.2, -0.15) is 0 Å². The zero-order chi connectivity index (χ0) is 9.23. The van der Waals surface area contributed by atoms with Gasteiger partial charge in [-0.05, 0) is 25.8 Å². The minimum absolute atomic E-state index is 0.191. The van der Waals surface area contributed by atoms with E-state index >= 15 is 0 Å². The van der Waals surface area contributed by atoms with Gasteiger partial charge in [-0.15, -0.1) is 0 Å². The molecule has 4 N–H and O–H groups in total. The quantitative estimate of drug-likeness (QED) is 0.362. The highest BCUT2D eigenvalue weighted by molar-refractivity contribution is 4.56. The molecular weight excluding hydrogens is 158 g/mol. The lowest BCUT2D eigenvalue weighted by Crippen LogP contribution is -2.29. The number of rotatable bonds is 8. The Morgan fingerprint density at radius 3 is 2.42 bits per heavy atom. The first-order chi connectivity index (χ1) is 5.81. The monoisotopic (exact) mass is 177 g/mol. The van der Waals surface area contributed by atoms with Crippen LogP contribution in [-0.4, -0.2) is 47.7 Å². The van der Waals surface area contributed by atoms with Gasteiger partial charge in [0.15, 0.2) is 0 Å². The Balaban J connectivity index is 2.90. The largest absolute Gasteiger partial charge is 0.396 e. The number of unbranched alkanes of at least 4 members (excludes halogenated alkanes) is 2. The minimum atomic E-state index is -0.650. The molecule has 0 aliphatic heterocycles. The molecule has 0 saturated heterocycles. The van der Waals surface area contributed by atoms with Gasteiger partial charge in [0.1, 0.15) is 0 Å². The summed E-state index contributed by atoms with van der Waals surface area (Å²) in [6.07, 6.45) is 2.18. The standard InChI is InChI=1S/C8H19NO3/c10-5-3-1-2-4-9-6-8(12)7-11/h8-12H,1-7H2/t8-/m0/s1. The van der Waals surface area contributed by atoms with Crippen LogP contribution in [0.2, 0.25) is 0 Å². The Kier molecular flexibility index (Phi) is 8.81. The molecule has 4 heteroatoms. The van der Waals surface area contributed by atoms with E-state index in [0.717, 1.165) is 25.8 Å². The lowest BCUT2D eigenvalue weighted by molar-refractivity contribution is 0.0945. The number of hydrogen-bond acceptors (Lipinski definition) is 4. The van der Waals surface area contributed by atoms with Crippen molar-refractivity contribution >= 4 is 0 Å². The topological polar surface area (TPSA) is 72.7 Å². The van der Waals surface area contributed by atoms with Gasteiger partial charge in [0.25, 0.3) is 0 Å². The van der Waals surface area contributed by atoms with Crippen molar-refractivity contribution < 1.29 is 15.3 Å². The summed E-state index contributed by atoms with van der Waals surface area (Å²) in [7, 11) is 0. The van der Waals surface area contributed by atoms with Crippen LogP contribution in [0.5, 0.6) is 0 Å². The van der Waals surface area contributed by atoms with Crippen LogP contribution in [0.15, 0.2) is 0 Å². The lowest BCUT2D eigenvalue weighted by atomic mass is 10.2. The van der Waals surface area contributed by atoms with Crippen LogP contribution in [-0.2, 0) is 0 Å². The van der Waals surface area contributed by atoms with Crippen LogP contribution in [0.25, 0.3) is 0 Å². The molecule has 0 fully saturated rings. The molecule has 0 aromatic heterocycles. The van der Waals surface area contributed by atoms with Crippen LogP contribution in [0.1, 0.15) is 19.3 Å². The molecule has 0 bridgehead atoms. The van der Waals surface area contributed by atoms with Crippen molar-refractivity contribution in [2.75, 3.05) is 26.3 Å². The zero-order valence-electron chi connectivity index (χ0n) is 7.37. The number of aliphatic hydroxyl groups excluding tert-OH is 3. The molecule has 0 aromatic carbocycles. The van der Waals surface area contributed by atoms with E-state index in [1.165, 1.54) is 0 Å². The number of nitrogens with one attached hydrogen (secondary N) is 1. The minimum Gasteiger partial charge on any atom is -0.396 e. The molecule has 0 radical (unpaired) electrons. The third kappa shape index (κ3) is 7.94. The van der Waals surface area contributed by atoms with Gasteiger partial charge < -0.3 is 20.6 Å². The van der Waals surface area contributed by atoms with Gasteiger partial charge >= 0.3 is 0 Å². The fourth-order valence-electron chi connectivity index (χ4n) is 0.872. The Morgan fingerprint density at radius 1 is 1.08 bits per heavy atom. The van der Waals surface area contributed by atoms with E-state index in [4.69, 9.17) is 15.3 Å². The SMILES string of the molecule is OCCCCCNC[C@H](O)CO. The molecule has 0 unspecified atom stereocenters. The normalized spacial score (nSPS) is 13.2. The summed E-state index contributed by atoms with van der Waals surface area (Å²) in [6, 6.07) is 0. The van der Waals surface area contributed by atoms with Gasteiger partial charge in [0.05, 0.1) is 12.7 Å². The summed E-state index contributed by atoms with van der Waals surface area (Å²) in [5, 5.41) is 28.8. The Hall–Kier alpha value is -0.160. The Labute approximate surface area is 73.2 Å². The average Bonchev–Trinajstić information content (AvgIpc) is 2.10. The maximum atomic E-state index is 8.91. The van der Waals surface area contributed by atoms with Gasteiger partial charge in [-0.1, -0.05) is 0 Å². The predicted octanol–water partition coefficient (Wildman–Crippen LogP) is -0.908. The van der Waals surface area contributed by atoms with E-state index in [0.29, 0.717) is 6.54 Å². The fourth-order valence-corrected chi connectivity index (χ4v) is 0.872. The van der Waals surface area contributed by atoms with Gasteiger partial charge in [-0.25, -0.2) is 0 Å². The summed E-state index contributed by atoms with van der Waals surface area (Å²) in [6.45, 7) is 1.33. The molecule has 74 valence electrons. The van der Waals surface area contributed by atoms with Crippen molar-refractivity contribution in [2.45, 2.75) is 25.4 Å². The molecule has 0 aliphatic carbocycles. The first-order valence-corrected chi connectivity index (χ1v) is 4.41. The molecule has 0 aromatic rings. The van der Waals surface area contributed by atoms with E-state index < -0.39 is 6.10 Å². The molecule has 12 heavy (non-hydrogen) atoms. The number of hydrogen-bond donors (Lipinski definition) is 4. The predicted molar refractivity (Wildman–Crippen MR) is 46.9 cm³/mol. The lowest BCUT2D eigenvalue weighted by Gasteiger charge is -2.07. The second kappa shape index (κ2) is 8.93. The maximum absolute atomic E-state index is 8.91. The first kappa shape index (κ1) is 11.8. The molecule has 1 atom stereocenters. The highest BCUT2D eigenvalue weighted by Gasteiger charge is 1.98. The average molecular weight is 177 g/mol. The van der Waals surface area contributed by atoms with Crippen molar-refractivity contribution in [3.63, 3.8) is 0 Å². The highest BCUT2D eigenvalue weighted by atomic mass is 16.3. The summed E-state index contributed by atoms with van der Waals surface area (Å²) < 4.78 is 0. The molecule has 4 nitrogen and oxygen atoms in total. The van der Waals surface area contributed by atoms with Crippen molar-refractivity contribution in [2.24, 2.45) is 0 Å². The maximum Gasteiger partial charge on any atom is 0.0894 e. The third-order valence-corrected chi connectivity index (χ3v) is 1.60. The third-order valence-electron chi connectivity index (χ3n) is 1.60. The zero-order valence-corrected chi connectivity index (χ0v) is 7.37. The molecule has 0 saturated carbocycles. The van der Waals surface area contributed by atoms with E-state index in [2.05, 4.69) is 5.32 Å². The van der Waals surface area contributed by atoms with Gasteiger partial charge in [0.2, 0.25) is 0 Å². The molecule has 0 rings (SSSR count). The van der Waals surface area contributed by atoms with Crippen LogP contribution in [0.3, 0.4) is 0 Å². The second-order valence-corrected chi connectivity index (χ2v) is 2.82. The van der Waals surface area contributed by atoms with Crippen molar-refractivity contribution in [1.82, 2.24) is 5.32 Å². The van der Waals surface area contributed by atoms with Crippen molar-refractivity contribution in [1.29, 1.82) is 0 Å². The Morgan fingerprint density at radius 2 is 1.83 bits per heavy atom. The second-order valence-electron chi connectivity index (χ2n) is 2.82. The van der Waals surface area contributed by atoms with E-state index in [9.17, 15) is 0 Å². The molecule has 0 amide bonds. The van der Waals surface area contributed by atoms with Gasteiger partial charge in [0, 0.05) is 13.2 Å². The van der Waals surface area contributed by atoms with Crippen molar-refractivity contribution in [3.05, 3.63) is 0 Å². The molecule has 0 spiro atoms. The van der Waals surface area contributed by atoms with E-state index in [-0.39, 0.29) is 13.2 Å². The first-order valence-electron chi connectivity index (χ1n) is 4.41. The number of aliphatic hydroxyl groups is 3. The van der Waals surface area contributed by atoms with Gasteiger partial charge in [-0.3, -0.25) is 0 Å². The van der Waals surface area contributed by atoms with Crippen LogP contribution in [0, 0.1) is 0 Å².